The van der Waals surface area contributed by atoms with Gasteiger partial charge in [-0.3, -0.25) is 4.79 Å². The fraction of sp³-hybridized carbons (Fsp3) is 0.294. The second-order valence-electron chi connectivity index (χ2n) is 6.01. The average molecular weight is 380 g/mol. The third kappa shape index (κ3) is 3.62. The lowest BCUT2D eigenvalue weighted by atomic mass is 10.2. The van der Waals surface area contributed by atoms with Crippen molar-refractivity contribution < 1.29 is 13.9 Å². The van der Waals surface area contributed by atoms with Crippen molar-refractivity contribution in [2.45, 2.75) is 25.7 Å². The van der Waals surface area contributed by atoms with Crippen LogP contribution in [0.3, 0.4) is 0 Å². The lowest BCUT2D eigenvalue weighted by Crippen LogP contribution is -2.25. The van der Waals surface area contributed by atoms with Crippen LogP contribution in [0.2, 0.25) is 5.02 Å². The molecule has 130 valence electrons. The van der Waals surface area contributed by atoms with Gasteiger partial charge in [-0.25, -0.2) is 9.37 Å². The summed E-state index contributed by atoms with van der Waals surface area (Å²) in [5, 5.41) is 6.10. The molecule has 0 aliphatic heterocycles. The number of aromatic amines is 1. The summed E-state index contributed by atoms with van der Waals surface area (Å²) < 4.78 is 18.6. The minimum atomic E-state index is -0.987. The van der Waals surface area contributed by atoms with Gasteiger partial charge in [0.15, 0.2) is 0 Å². The van der Waals surface area contributed by atoms with Crippen molar-refractivity contribution in [3.63, 3.8) is 0 Å². The molecule has 8 heteroatoms. The number of amides is 1. The van der Waals surface area contributed by atoms with Gasteiger partial charge in [0.05, 0.1) is 28.7 Å². The Labute approximate surface area is 152 Å². The quantitative estimate of drug-likeness (QED) is 0.684. The zero-order valence-electron chi connectivity index (χ0n) is 13.1. The van der Waals surface area contributed by atoms with Gasteiger partial charge in [0, 0.05) is 28.0 Å². The molecule has 0 spiro atoms. The highest BCUT2D eigenvalue weighted by Crippen LogP contribution is 2.34. The number of nitrogens with zero attached hydrogens (tertiary/aromatic N) is 1. The molecule has 1 aliphatic carbocycles. The molecule has 0 bridgehead atoms. The lowest BCUT2D eigenvalue weighted by molar-refractivity contribution is -0.122. The predicted molar refractivity (Wildman–Crippen MR) is 94.6 cm³/mol. The Bertz CT molecular complexity index is 912. The van der Waals surface area contributed by atoms with Gasteiger partial charge in [-0.2, -0.15) is 0 Å². The second-order valence-corrected chi connectivity index (χ2v) is 7.13. The van der Waals surface area contributed by atoms with E-state index in [1.807, 2.05) is 23.6 Å². The van der Waals surface area contributed by atoms with E-state index in [-0.39, 0.29) is 5.91 Å². The number of nitrogens with one attached hydrogen (secondary N) is 2. The first-order chi connectivity index (χ1) is 12.1. The van der Waals surface area contributed by atoms with Gasteiger partial charge in [-0.1, -0.05) is 11.6 Å². The summed E-state index contributed by atoms with van der Waals surface area (Å²) >= 11 is 7.79. The van der Waals surface area contributed by atoms with E-state index in [0.29, 0.717) is 30.3 Å². The van der Waals surface area contributed by atoms with Crippen LogP contribution in [0.1, 0.15) is 17.8 Å². The van der Waals surface area contributed by atoms with E-state index in [4.69, 9.17) is 16.3 Å². The number of rotatable bonds is 6. The highest BCUT2D eigenvalue weighted by atomic mass is 35.5. The standard InChI is InChI=1S/C17H15ClFN3O2S/c18-13-2-9-1-10(5-20-17(23)12-3-14(12)19)22-15(9)4-16(13)24-6-11-7-25-8-21-11/h1-2,4,7-8,12,14,22H,3,5-6H2,(H,20,23)/t12-,14-/m1/s1. The number of carbonyl (C=O) groups is 1. The maximum absolute atomic E-state index is 12.9. The lowest BCUT2D eigenvalue weighted by Gasteiger charge is -2.06. The molecule has 1 aromatic carbocycles. The molecule has 2 N–H and O–H groups in total. The summed E-state index contributed by atoms with van der Waals surface area (Å²) in [6, 6.07) is 5.55. The number of alkyl halides is 1. The molecule has 5 nitrogen and oxygen atoms in total. The predicted octanol–water partition coefficient (Wildman–Crippen LogP) is 3.83. The number of benzene rings is 1. The Hall–Kier alpha value is -2.12. The molecular formula is C17H15ClFN3O2S. The summed E-state index contributed by atoms with van der Waals surface area (Å²) in [7, 11) is 0. The number of aromatic nitrogens is 2. The molecule has 1 fully saturated rings. The summed E-state index contributed by atoms with van der Waals surface area (Å²) in [5.41, 5.74) is 4.29. The highest BCUT2D eigenvalue weighted by molar-refractivity contribution is 7.07. The van der Waals surface area contributed by atoms with Crippen molar-refractivity contribution in [2.75, 3.05) is 0 Å². The zero-order valence-corrected chi connectivity index (χ0v) is 14.7. The van der Waals surface area contributed by atoms with Gasteiger partial charge in [0.1, 0.15) is 18.5 Å². The molecule has 0 saturated heterocycles. The molecule has 2 heterocycles. The number of H-pyrrole nitrogens is 1. The smallest absolute Gasteiger partial charge is 0.226 e. The molecule has 3 aromatic rings. The van der Waals surface area contributed by atoms with E-state index in [1.54, 1.807) is 5.51 Å². The van der Waals surface area contributed by atoms with Crippen molar-refractivity contribution in [3.05, 3.63) is 45.5 Å². The maximum Gasteiger partial charge on any atom is 0.226 e. The topological polar surface area (TPSA) is 67.0 Å². The maximum atomic E-state index is 12.9. The van der Waals surface area contributed by atoms with Crippen molar-refractivity contribution in [1.29, 1.82) is 0 Å². The van der Waals surface area contributed by atoms with Gasteiger partial charge in [0.2, 0.25) is 5.91 Å². The Balaban J connectivity index is 1.45. The first-order valence-corrected chi connectivity index (χ1v) is 9.15. The van der Waals surface area contributed by atoms with E-state index >= 15 is 0 Å². The number of hydrogen-bond donors (Lipinski definition) is 2. The van der Waals surface area contributed by atoms with Crippen LogP contribution in [0.4, 0.5) is 4.39 Å². The van der Waals surface area contributed by atoms with Crippen LogP contribution in [-0.4, -0.2) is 22.0 Å². The van der Waals surface area contributed by atoms with Crippen LogP contribution in [0.5, 0.6) is 5.75 Å². The average Bonchev–Trinajstić information content (AvgIpc) is 3.00. The van der Waals surface area contributed by atoms with Gasteiger partial charge < -0.3 is 15.0 Å². The third-order valence-electron chi connectivity index (χ3n) is 4.09. The molecule has 1 saturated carbocycles. The van der Waals surface area contributed by atoms with E-state index in [9.17, 15) is 9.18 Å². The zero-order chi connectivity index (χ0) is 17.4. The van der Waals surface area contributed by atoms with Crippen molar-refractivity contribution in [1.82, 2.24) is 15.3 Å². The molecule has 0 unspecified atom stereocenters. The van der Waals surface area contributed by atoms with Crippen LogP contribution < -0.4 is 10.1 Å². The Morgan fingerprint density at radius 3 is 3.04 bits per heavy atom. The Morgan fingerprint density at radius 1 is 1.48 bits per heavy atom. The first-order valence-electron chi connectivity index (χ1n) is 7.83. The van der Waals surface area contributed by atoms with E-state index < -0.39 is 12.1 Å². The number of thiazole rings is 1. The number of halogens is 2. The van der Waals surface area contributed by atoms with Crippen molar-refractivity contribution >= 4 is 39.7 Å². The third-order valence-corrected chi connectivity index (χ3v) is 5.02. The fourth-order valence-corrected chi connectivity index (χ4v) is 3.38. The SMILES string of the molecule is O=C(NCc1cc2cc(Cl)c(OCc3cscn3)cc2[nH]1)[C@@H]1C[C@H]1F. The van der Waals surface area contributed by atoms with E-state index in [0.717, 1.165) is 22.3 Å². The first kappa shape index (κ1) is 16.4. The number of ether oxygens (including phenoxy) is 1. The summed E-state index contributed by atoms with van der Waals surface area (Å²) in [6.07, 6.45) is -0.660. The number of carbonyl (C=O) groups excluding carboxylic acids is 1. The van der Waals surface area contributed by atoms with Gasteiger partial charge in [0.25, 0.3) is 0 Å². The van der Waals surface area contributed by atoms with Crippen LogP contribution >= 0.6 is 22.9 Å². The van der Waals surface area contributed by atoms with Crippen LogP contribution in [0, 0.1) is 5.92 Å². The highest BCUT2D eigenvalue weighted by Gasteiger charge is 2.43. The fourth-order valence-electron chi connectivity index (χ4n) is 2.61. The number of fused-ring (bicyclic) bond motifs is 1. The molecular weight excluding hydrogens is 365 g/mol. The van der Waals surface area contributed by atoms with E-state index in [1.165, 1.54) is 11.3 Å². The molecule has 2 atom stereocenters. The molecule has 0 radical (unpaired) electrons. The second kappa shape index (κ2) is 6.65. The van der Waals surface area contributed by atoms with Crippen LogP contribution in [-0.2, 0) is 17.9 Å². The minimum Gasteiger partial charge on any atom is -0.486 e. The van der Waals surface area contributed by atoms with Gasteiger partial charge in [-0.05, 0) is 18.6 Å². The Kier molecular flexibility index (Phi) is 4.35. The van der Waals surface area contributed by atoms with Crippen LogP contribution in [0.25, 0.3) is 10.9 Å². The van der Waals surface area contributed by atoms with Crippen molar-refractivity contribution in [2.24, 2.45) is 5.92 Å². The van der Waals surface area contributed by atoms with Gasteiger partial charge >= 0.3 is 0 Å². The normalized spacial score (nSPS) is 19.1. The van der Waals surface area contributed by atoms with Gasteiger partial charge in [-0.15, -0.1) is 11.3 Å². The monoisotopic (exact) mass is 379 g/mol. The van der Waals surface area contributed by atoms with Crippen LogP contribution in [0.15, 0.2) is 29.1 Å². The summed E-state index contributed by atoms with van der Waals surface area (Å²) in [4.78, 5) is 19.1. The molecule has 25 heavy (non-hydrogen) atoms. The molecule has 4 rings (SSSR count). The summed E-state index contributed by atoms with van der Waals surface area (Å²) in [6.45, 7) is 0.674. The molecule has 1 aliphatic rings. The summed E-state index contributed by atoms with van der Waals surface area (Å²) in [5.74, 6) is -0.154. The molecule has 2 aromatic heterocycles. The largest absolute Gasteiger partial charge is 0.486 e. The number of hydrogen-bond acceptors (Lipinski definition) is 4. The molecule has 1 amide bonds. The van der Waals surface area contributed by atoms with E-state index in [2.05, 4.69) is 15.3 Å². The minimum absolute atomic E-state index is 0.239. The Morgan fingerprint density at radius 2 is 2.32 bits per heavy atom. The van der Waals surface area contributed by atoms with Crippen molar-refractivity contribution in [3.8, 4) is 5.75 Å².